The molecule has 2 aromatic rings. The molecule has 0 aliphatic carbocycles. The smallest absolute Gasteiger partial charge is 0.137 e. The van der Waals surface area contributed by atoms with E-state index in [1.54, 1.807) is 0 Å². The fraction of sp³-hybridized carbons (Fsp3) is 0.333. The minimum atomic E-state index is 0.117. The fourth-order valence-corrected chi connectivity index (χ4v) is 2.59. The Labute approximate surface area is 120 Å². The molecular weight excluding hydrogens is 248 g/mol. The minimum absolute atomic E-state index is 0.117. The molecule has 104 valence electrons. The lowest BCUT2D eigenvalue weighted by Crippen LogP contribution is -2.22. The molecule has 3 rings (SSSR count). The van der Waals surface area contributed by atoms with Gasteiger partial charge < -0.3 is 9.47 Å². The maximum absolute atomic E-state index is 5.94. The second-order valence-electron chi connectivity index (χ2n) is 5.64. The van der Waals surface area contributed by atoms with Crippen molar-refractivity contribution in [2.24, 2.45) is 0 Å². The number of hydrogen-bond acceptors (Lipinski definition) is 2. The van der Waals surface area contributed by atoms with Crippen LogP contribution in [0.25, 0.3) is 0 Å². The maximum Gasteiger partial charge on any atom is 0.137 e. The SMILES string of the molecule is Cc1ccc2c(c1)CC(COc1cc(C)ccc1C)O2. The number of benzene rings is 2. The number of fused-ring (bicyclic) bond motifs is 1. The van der Waals surface area contributed by atoms with Gasteiger partial charge in [-0.25, -0.2) is 0 Å². The summed E-state index contributed by atoms with van der Waals surface area (Å²) in [5.41, 5.74) is 4.96. The molecule has 1 atom stereocenters. The lowest BCUT2D eigenvalue weighted by atomic mass is 10.1. The molecule has 1 unspecified atom stereocenters. The highest BCUT2D eigenvalue weighted by Gasteiger charge is 2.23. The Hall–Kier alpha value is -1.96. The van der Waals surface area contributed by atoms with Gasteiger partial charge in [-0.05, 0) is 49.6 Å². The lowest BCUT2D eigenvalue weighted by molar-refractivity contribution is 0.148. The van der Waals surface area contributed by atoms with E-state index in [-0.39, 0.29) is 6.10 Å². The molecule has 0 aromatic heterocycles. The summed E-state index contributed by atoms with van der Waals surface area (Å²) in [6.07, 6.45) is 1.05. The van der Waals surface area contributed by atoms with E-state index in [2.05, 4.69) is 57.2 Å². The molecule has 1 heterocycles. The molecule has 0 spiro atoms. The zero-order valence-electron chi connectivity index (χ0n) is 12.3. The third-order valence-electron chi connectivity index (χ3n) is 3.73. The molecule has 0 amide bonds. The van der Waals surface area contributed by atoms with Gasteiger partial charge in [-0.3, -0.25) is 0 Å². The standard InChI is InChI=1S/C18H20O2/c1-12-5-7-17-15(8-12)10-16(20-17)11-19-18-9-13(2)4-6-14(18)3/h4-9,16H,10-11H2,1-3H3. The van der Waals surface area contributed by atoms with E-state index in [0.717, 1.165) is 17.9 Å². The van der Waals surface area contributed by atoms with E-state index >= 15 is 0 Å². The van der Waals surface area contributed by atoms with Crippen molar-refractivity contribution in [2.45, 2.75) is 33.3 Å². The van der Waals surface area contributed by atoms with Crippen LogP contribution in [0.15, 0.2) is 36.4 Å². The Balaban J connectivity index is 1.65. The highest BCUT2D eigenvalue weighted by molar-refractivity contribution is 5.40. The minimum Gasteiger partial charge on any atom is -0.489 e. The molecule has 0 radical (unpaired) electrons. The number of rotatable bonds is 3. The van der Waals surface area contributed by atoms with Crippen molar-refractivity contribution in [3.05, 3.63) is 58.7 Å². The summed E-state index contributed by atoms with van der Waals surface area (Å²) in [4.78, 5) is 0. The first kappa shape index (κ1) is 13.0. The van der Waals surface area contributed by atoms with Crippen molar-refractivity contribution in [3.63, 3.8) is 0 Å². The average Bonchev–Trinajstić information content (AvgIpc) is 2.81. The average molecular weight is 268 g/mol. The number of ether oxygens (including phenoxy) is 2. The predicted molar refractivity (Wildman–Crippen MR) is 80.7 cm³/mol. The molecule has 0 fully saturated rings. The van der Waals surface area contributed by atoms with Crippen LogP contribution in [-0.4, -0.2) is 12.7 Å². The van der Waals surface area contributed by atoms with Crippen molar-refractivity contribution in [1.82, 2.24) is 0 Å². The van der Waals surface area contributed by atoms with E-state index in [0.29, 0.717) is 6.61 Å². The highest BCUT2D eigenvalue weighted by atomic mass is 16.5. The van der Waals surface area contributed by atoms with Crippen LogP contribution in [0.3, 0.4) is 0 Å². The van der Waals surface area contributed by atoms with E-state index in [9.17, 15) is 0 Å². The number of hydrogen-bond donors (Lipinski definition) is 0. The summed E-state index contributed by atoms with van der Waals surface area (Å²) in [7, 11) is 0. The zero-order chi connectivity index (χ0) is 14.1. The normalized spacial score (nSPS) is 16.6. The molecular formula is C18H20O2. The van der Waals surface area contributed by atoms with E-state index in [1.807, 2.05) is 0 Å². The number of aryl methyl sites for hydroxylation is 3. The topological polar surface area (TPSA) is 18.5 Å². The van der Waals surface area contributed by atoms with Crippen LogP contribution in [0.2, 0.25) is 0 Å². The van der Waals surface area contributed by atoms with Crippen molar-refractivity contribution in [3.8, 4) is 11.5 Å². The molecule has 1 aliphatic rings. The molecule has 0 bridgehead atoms. The Morgan fingerprint density at radius 1 is 1.05 bits per heavy atom. The van der Waals surface area contributed by atoms with Crippen LogP contribution in [0.5, 0.6) is 11.5 Å². The molecule has 2 heteroatoms. The second-order valence-corrected chi connectivity index (χ2v) is 5.64. The van der Waals surface area contributed by atoms with Gasteiger partial charge in [0.05, 0.1) is 0 Å². The lowest BCUT2D eigenvalue weighted by Gasteiger charge is -2.14. The Morgan fingerprint density at radius 2 is 1.80 bits per heavy atom. The van der Waals surface area contributed by atoms with Crippen molar-refractivity contribution < 1.29 is 9.47 Å². The zero-order valence-corrected chi connectivity index (χ0v) is 12.3. The van der Waals surface area contributed by atoms with Gasteiger partial charge >= 0.3 is 0 Å². The summed E-state index contributed by atoms with van der Waals surface area (Å²) in [5, 5.41) is 0. The maximum atomic E-state index is 5.94. The summed E-state index contributed by atoms with van der Waals surface area (Å²) in [5.74, 6) is 1.96. The second kappa shape index (κ2) is 5.20. The van der Waals surface area contributed by atoms with Crippen LogP contribution in [0.4, 0.5) is 0 Å². The monoisotopic (exact) mass is 268 g/mol. The largest absolute Gasteiger partial charge is 0.489 e. The van der Waals surface area contributed by atoms with Gasteiger partial charge in [0.2, 0.25) is 0 Å². The molecule has 20 heavy (non-hydrogen) atoms. The summed E-state index contributed by atoms with van der Waals surface area (Å²) in [6, 6.07) is 12.6. The molecule has 0 N–H and O–H groups in total. The quantitative estimate of drug-likeness (QED) is 0.838. The van der Waals surface area contributed by atoms with Gasteiger partial charge in [0.15, 0.2) is 0 Å². The molecule has 0 saturated heterocycles. The third-order valence-corrected chi connectivity index (χ3v) is 3.73. The van der Waals surface area contributed by atoms with Crippen LogP contribution in [0, 0.1) is 20.8 Å². The first-order valence-electron chi connectivity index (χ1n) is 7.08. The van der Waals surface area contributed by atoms with Gasteiger partial charge in [0.25, 0.3) is 0 Å². The van der Waals surface area contributed by atoms with Crippen molar-refractivity contribution in [2.75, 3.05) is 6.61 Å². The molecule has 2 nitrogen and oxygen atoms in total. The van der Waals surface area contributed by atoms with E-state index < -0.39 is 0 Å². The van der Waals surface area contributed by atoms with Crippen molar-refractivity contribution >= 4 is 0 Å². The Bertz CT molecular complexity index is 631. The van der Waals surface area contributed by atoms with Gasteiger partial charge in [0.1, 0.15) is 24.2 Å². The van der Waals surface area contributed by atoms with Crippen LogP contribution >= 0.6 is 0 Å². The first-order chi connectivity index (χ1) is 9.61. The summed E-state index contributed by atoms with van der Waals surface area (Å²) >= 11 is 0. The van der Waals surface area contributed by atoms with Gasteiger partial charge in [-0.15, -0.1) is 0 Å². The first-order valence-corrected chi connectivity index (χ1v) is 7.08. The Kier molecular flexibility index (Phi) is 3.39. The summed E-state index contributed by atoms with van der Waals surface area (Å²) in [6.45, 7) is 6.86. The van der Waals surface area contributed by atoms with Gasteiger partial charge in [0, 0.05) is 6.42 Å². The van der Waals surface area contributed by atoms with E-state index in [4.69, 9.17) is 9.47 Å². The van der Waals surface area contributed by atoms with Crippen molar-refractivity contribution in [1.29, 1.82) is 0 Å². The molecule has 0 saturated carbocycles. The predicted octanol–water partition coefficient (Wildman–Crippen LogP) is 3.99. The van der Waals surface area contributed by atoms with Gasteiger partial charge in [-0.1, -0.05) is 29.8 Å². The van der Waals surface area contributed by atoms with Crippen LogP contribution < -0.4 is 9.47 Å². The fourth-order valence-electron chi connectivity index (χ4n) is 2.59. The van der Waals surface area contributed by atoms with Crippen LogP contribution in [0.1, 0.15) is 22.3 Å². The van der Waals surface area contributed by atoms with Crippen LogP contribution in [-0.2, 0) is 6.42 Å². The molecule has 2 aromatic carbocycles. The highest BCUT2D eigenvalue weighted by Crippen LogP contribution is 2.30. The Morgan fingerprint density at radius 3 is 2.65 bits per heavy atom. The van der Waals surface area contributed by atoms with E-state index in [1.165, 1.54) is 22.3 Å². The van der Waals surface area contributed by atoms with Gasteiger partial charge in [-0.2, -0.15) is 0 Å². The molecule has 1 aliphatic heterocycles. The third kappa shape index (κ3) is 2.64. The summed E-state index contributed by atoms with van der Waals surface area (Å²) < 4.78 is 11.9.